The summed E-state index contributed by atoms with van der Waals surface area (Å²) in [6.45, 7) is 0.658. The molecule has 2 N–H and O–H groups in total. The number of furan rings is 1. The fourth-order valence-corrected chi connectivity index (χ4v) is 3.39. The van der Waals surface area contributed by atoms with Crippen LogP contribution in [0.5, 0.6) is 0 Å². The molecule has 7 nitrogen and oxygen atoms in total. The number of hydrogen-bond donors (Lipinski definition) is 2. The highest BCUT2D eigenvalue weighted by Gasteiger charge is 2.16. The Hall–Kier alpha value is -3.68. The van der Waals surface area contributed by atoms with E-state index in [1.165, 1.54) is 12.1 Å². The molecule has 0 aliphatic carbocycles. The van der Waals surface area contributed by atoms with E-state index in [1.54, 1.807) is 42.5 Å². The maximum Gasteiger partial charge on any atom is 0.274 e. The van der Waals surface area contributed by atoms with Crippen molar-refractivity contribution in [3.8, 4) is 22.7 Å². The normalized spacial score (nSPS) is 11.0. The number of nitrogens with one attached hydrogen (secondary N) is 2. The van der Waals surface area contributed by atoms with Crippen molar-refractivity contribution in [1.82, 2.24) is 25.3 Å². The summed E-state index contributed by atoms with van der Waals surface area (Å²) in [7, 11) is 1.79. The molecular formula is C23H24FN5O2. The van der Waals surface area contributed by atoms with Crippen molar-refractivity contribution < 1.29 is 13.6 Å². The van der Waals surface area contributed by atoms with Crippen LogP contribution in [-0.4, -0.2) is 44.8 Å². The van der Waals surface area contributed by atoms with Crippen LogP contribution in [-0.2, 0) is 6.42 Å². The number of halogens is 1. The molecule has 0 saturated carbocycles. The lowest BCUT2D eigenvalue weighted by Gasteiger charge is -2.15. The van der Waals surface area contributed by atoms with E-state index in [4.69, 9.17) is 4.42 Å². The van der Waals surface area contributed by atoms with Crippen molar-refractivity contribution in [2.75, 3.05) is 13.6 Å². The number of carbonyl (C=O) groups is 1. The van der Waals surface area contributed by atoms with Crippen LogP contribution in [0, 0.1) is 5.82 Å². The third-order valence-corrected chi connectivity index (χ3v) is 5.14. The van der Waals surface area contributed by atoms with Gasteiger partial charge in [0.25, 0.3) is 5.91 Å². The molecule has 1 aromatic carbocycles. The summed E-state index contributed by atoms with van der Waals surface area (Å²) < 4.78 is 18.4. The molecule has 0 saturated heterocycles. The fraction of sp³-hybridized carbons (Fsp3) is 0.261. The summed E-state index contributed by atoms with van der Waals surface area (Å²) >= 11 is 0. The largest absolute Gasteiger partial charge is 0.463 e. The number of amides is 1. The molecule has 0 radical (unpaired) electrons. The van der Waals surface area contributed by atoms with E-state index in [0.717, 1.165) is 42.6 Å². The Morgan fingerprint density at radius 2 is 1.90 bits per heavy atom. The second kappa shape index (κ2) is 9.42. The number of unbranched alkanes of at least 4 members (excludes halogenated alkanes) is 2. The van der Waals surface area contributed by atoms with E-state index in [-0.39, 0.29) is 11.7 Å². The number of aryl methyl sites for hydroxylation is 1. The number of aromatic nitrogens is 4. The van der Waals surface area contributed by atoms with Crippen LogP contribution in [0.25, 0.3) is 22.7 Å². The van der Waals surface area contributed by atoms with Crippen molar-refractivity contribution in [3.63, 3.8) is 0 Å². The van der Waals surface area contributed by atoms with E-state index in [2.05, 4.69) is 20.4 Å². The molecule has 0 unspecified atom stereocenters. The Morgan fingerprint density at radius 1 is 1.06 bits per heavy atom. The van der Waals surface area contributed by atoms with Gasteiger partial charge in [-0.3, -0.25) is 15.0 Å². The first-order valence-corrected chi connectivity index (χ1v) is 10.2. The van der Waals surface area contributed by atoms with E-state index in [0.29, 0.717) is 23.7 Å². The van der Waals surface area contributed by atoms with Crippen LogP contribution in [0.4, 0.5) is 4.39 Å². The first-order chi connectivity index (χ1) is 15.1. The predicted octanol–water partition coefficient (Wildman–Crippen LogP) is 4.68. The molecule has 0 aliphatic heterocycles. The van der Waals surface area contributed by atoms with Gasteiger partial charge < -0.3 is 9.32 Å². The number of nitrogens with zero attached hydrogens (tertiary/aromatic N) is 3. The Kier molecular flexibility index (Phi) is 6.26. The number of aromatic amines is 2. The summed E-state index contributed by atoms with van der Waals surface area (Å²) in [4.78, 5) is 14.2. The third kappa shape index (κ3) is 5.09. The summed E-state index contributed by atoms with van der Waals surface area (Å²) in [6.07, 6.45) is 5.32. The summed E-state index contributed by atoms with van der Waals surface area (Å²) in [6, 6.07) is 13.6. The van der Waals surface area contributed by atoms with Gasteiger partial charge in [-0.1, -0.05) is 6.42 Å². The molecule has 8 heteroatoms. The highest BCUT2D eigenvalue weighted by Crippen LogP contribution is 2.20. The van der Waals surface area contributed by atoms with Gasteiger partial charge in [0.05, 0.1) is 12.0 Å². The number of benzene rings is 1. The monoisotopic (exact) mass is 421 g/mol. The van der Waals surface area contributed by atoms with Gasteiger partial charge in [-0.15, -0.1) is 0 Å². The quantitative estimate of drug-likeness (QED) is 0.384. The standard InChI is InChI=1S/C23H24FN5O2/c1-29(23(30)21-15-20(27-28-21)22-7-5-13-31-22)12-4-2-3-6-18-14-19(26-25-18)16-8-10-17(24)11-9-16/h5,7-11,13-15H,2-4,6,12H2,1H3,(H,25,26)(H,27,28). The molecule has 4 aromatic rings. The van der Waals surface area contributed by atoms with Crippen molar-refractivity contribution in [2.45, 2.75) is 25.7 Å². The second-order valence-electron chi connectivity index (χ2n) is 7.47. The Labute approximate surface area is 179 Å². The lowest BCUT2D eigenvalue weighted by molar-refractivity contribution is 0.0786. The zero-order chi connectivity index (χ0) is 21.6. The minimum Gasteiger partial charge on any atom is -0.463 e. The van der Waals surface area contributed by atoms with Gasteiger partial charge in [0.1, 0.15) is 11.5 Å². The topological polar surface area (TPSA) is 90.8 Å². The van der Waals surface area contributed by atoms with E-state index in [1.807, 2.05) is 12.1 Å². The zero-order valence-corrected chi connectivity index (χ0v) is 17.3. The molecule has 0 fully saturated rings. The Balaban J connectivity index is 1.19. The van der Waals surface area contributed by atoms with Crippen LogP contribution in [0.15, 0.2) is 59.2 Å². The number of hydrogen-bond acceptors (Lipinski definition) is 4. The summed E-state index contributed by atoms with van der Waals surface area (Å²) in [5.41, 5.74) is 3.80. The second-order valence-corrected chi connectivity index (χ2v) is 7.47. The minimum atomic E-state index is -0.256. The summed E-state index contributed by atoms with van der Waals surface area (Å²) in [5.74, 6) is 0.273. The molecule has 31 heavy (non-hydrogen) atoms. The van der Waals surface area contributed by atoms with Crippen molar-refractivity contribution in [3.05, 3.63) is 72.0 Å². The van der Waals surface area contributed by atoms with Gasteiger partial charge in [-0.25, -0.2) is 4.39 Å². The van der Waals surface area contributed by atoms with E-state index in [9.17, 15) is 9.18 Å². The van der Waals surface area contributed by atoms with Crippen molar-refractivity contribution in [1.29, 1.82) is 0 Å². The highest BCUT2D eigenvalue weighted by molar-refractivity contribution is 5.93. The SMILES string of the molecule is CN(CCCCCc1cc(-c2ccc(F)cc2)n[nH]1)C(=O)c1cc(-c2ccco2)[nH]n1. The van der Waals surface area contributed by atoms with Crippen LogP contribution in [0.2, 0.25) is 0 Å². The average molecular weight is 421 g/mol. The van der Waals surface area contributed by atoms with E-state index < -0.39 is 0 Å². The van der Waals surface area contributed by atoms with Crippen LogP contribution >= 0.6 is 0 Å². The Morgan fingerprint density at radius 3 is 2.68 bits per heavy atom. The fourth-order valence-electron chi connectivity index (χ4n) is 3.39. The molecule has 0 atom stereocenters. The molecule has 0 bridgehead atoms. The average Bonchev–Trinajstić information content (AvgIpc) is 3.54. The molecule has 3 aromatic heterocycles. The lowest BCUT2D eigenvalue weighted by Crippen LogP contribution is -2.28. The first-order valence-electron chi connectivity index (χ1n) is 10.2. The number of rotatable bonds is 9. The van der Waals surface area contributed by atoms with Crippen molar-refractivity contribution >= 4 is 5.91 Å². The number of H-pyrrole nitrogens is 2. The highest BCUT2D eigenvalue weighted by atomic mass is 19.1. The Bertz CT molecular complexity index is 1120. The molecule has 0 spiro atoms. The summed E-state index contributed by atoms with van der Waals surface area (Å²) in [5, 5.41) is 14.3. The predicted molar refractivity (Wildman–Crippen MR) is 115 cm³/mol. The number of carbonyl (C=O) groups excluding carboxylic acids is 1. The minimum absolute atomic E-state index is 0.119. The maximum absolute atomic E-state index is 13.0. The van der Waals surface area contributed by atoms with Crippen LogP contribution < -0.4 is 0 Å². The van der Waals surface area contributed by atoms with Crippen LogP contribution in [0.3, 0.4) is 0 Å². The zero-order valence-electron chi connectivity index (χ0n) is 17.3. The maximum atomic E-state index is 13.0. The van der Waals surface area contributed by atoms with Gasteiger partial charge in [0.2, 0.25) is 0 Å². The molecular weight excluding hydrogens is 397 g/mol. The van der Waals surface area contributed by atoms with Gasteiger partial charge in [-0.2, -0.15) is 10.2 Å². The third-order valence-electron chi connectivity index (χ3n) is 5.14. The van der Waals surface area contributed by atoms with Gasteiger partial charge in [0.15, 0.2) is 11.5 Å². The molecule has 4 rings (SSSR count). The first kappa shape index (κ1) is 20.6. The van der Waals surface area contributed by atoms with Gasteiger partial charge in [-0.05, 0) is 61.7 Å². The van der Waals surface area contributed by atoms with Crippen molar-refractivity contribution in [2.24, 2.45) is 0 Å². The van der Waals surface area contributed by atoms with Crippen LogP contribution in [0.1, 0.15) is 35.4 Å². The van der Waals surface area contributed by atoms with Gasteiger partial charge >= 0.3 is 0 Å². The smallest absolute Gasteiger partial charge is 0.274 e. The molecule has 0 aliphatic rings. The molecule has 3 heterocycles. The van der Waals surface area contributed by atoms with E-state index >= 15 is 0 Å². The molecule has 160 valence electrons. The lowest BCUT2D eigenvalue weighted by atomic mass is 10.1. The molecule has 1 amide bonds. The van der Waals surface area contributed by atoms with Gasteiger partial charge in [0, 0.05) is 30.9 Å².